The third-order valence-electron chi connectivity index (χ3n) is 4.03. The zero-order valence-electron chi connectivity index (χ0n) is 16.3. The molecule has 0 atom stereocenters. The summed E-state index contributed by atoms with van der Waals surface area (Å²) in [6.45, 7) is 0. The fourth-order valence-corrected chi connectivity index (χ4v) is 2.55. The zero-order chi connectivity index (χ0) is 19.9. The molecule has 3 aromatic carbocycles. The molecule has 0 unspecified atom stereocenters. The summed E-state index contributed by atoms with van der Waals surface area (Å²) in [5.74, 6) is 0.0525. The van der Waals surface area contributed by atoms with E-state index in [-0.39, 0.29) is 45.0 Å². The van der Waals surface area contributed by atoms with Crippen LogP contribution in [0.3, 0.4) is 0 Å². The van der Waals surface area contributed by atoms with E-state index >= 15 is 0 Å². The maximum atomic E-state index is 12.2. The van der Waals surface area contributed by atoms with E-state index in [1.807, 2.05) is 12.1 Å². The fourth-order valence-electron chi connectivity index (χ4n) is 2.55. The van der Waals surface area contributed by atoms with Crippen LogP contribution < -0.4 is 19.7 Å². The first-order chi connectivity index (χ1) is 13.6. The number of hydrogen-bond acceptors (Lipinski definition) is 6. The van der Waals surface area contributed by atoms with Crippen molar-refractivity contribution >= 4 is 23.8 Å². The second kappa shape index (κ2) is 11.6. The Hall–Kier alpha value is -3.35. The van der Waals surface area contributed by atoms with Gasteiger partial charge in [0.05, 0.1) is 25.6 Å². The van der Waals surface area contributed by atoms with Gasteiger partial charge in [-0.2, -0.15) is 0 Å². The molecule has 0 bridgehead atoms. The van der Waals surface area contributed by atoms with Crippen LogP contribution in [0.5, 0.6) is 23.0 Å². The Labute approximate surface area is 184 Å². The van der Waals surface area contributed by atoms with Gasteiger partial charge in [0.2, 0.25) is 0 Å². The van der Waals surface area contributed by atoms with Gasteiger partial charge in [-0.3, -0.25) is 9.98 Å². The van der Waals surface area contributed by atoms with E-state index in [4.69, 9.17) is 9.47 Å². The predicted molar refractivity (Wildman–Crippen MR) is 109 cm³/mol. The van der Waals surface area contributed by atoms with E-state index in [0.29, 0.717) is 22.5 Å². The van der Waals surface area contributed by atoms with Gasteiger partial charge < -0.3 is 25.2 Å². The van der Waals surface area contributed by atoms with Crippen LogP contribution >= 0.6 is 0 Å². The minimum Gasteiger partial charge on any atom is -0.870 e. The van der Waals surface area contributed by atoms with Crippen LogP contribution in [0.15, 0.2) is 70.6 Å². The third-order valence-corrected chi connectivity index (χ3v) is 4.03. The second-order valence-corrected chi connectivity index (χ2v) is 5.76. The monoisotopic (exact) mass is 450 g/mol. The minimum atomic E-state index is -0.234. The molecule has 0 aliphatic rings. The van der Waals surface area contributed by atoms with Crippen LogP contribution in [0.4, 0.5) is 11.4 Å². The number of benzene rings is 3. The van der Waals surface area contributed by atoms with Gasteiger partial charge in [-0.1, -0.05) is 47.9 Å². The summed E-state index contributed by atoms with van der Waals surface area (Å²) in [5.41, 5.74) is 1.95. The first-order valence-corrected chi connectivity index (χ1v) is 8.49. The molecule has 0 aliphatic heterocycles. The van der Waals surface area contributed by atoms with Crippen LogP contribution in [0.25, 0.3) is 0 Å². The Morgan fingerprint density at radius 1 is 0.667 bits per heavy atom. The molecule has 3 aromatic rings. The van der Waals surface area contributed by atoms with Crippen molar-refractivity contribution < 1.29 is 41.7 Å². The van der Waals surface area contributed by atoms with Crippen molar-refractivity contribution in [3.63, 3.8) is 0 Å². The van der Waals surface area contributed by atoms with E-state index < -0.39 is 0 Å². The molecular weight excluding hydrogens is 431 g/mol. The molecule has 0 saturated carbocycles. The Balaban J connectivity index is 0.00000225. The molecule has 0 radical (unpaired) electrons. The average Bonchev–Trinajstić information content (AvgIpc) is 2.73. The number of para-hydroxylation sites is 4. The van der Waals surface area contributed by atoms with Crippen LogP contribution in [0, 0.1) is 0 Å². The van der Waals surface area contributed by atoms with E-state index in [1.54, 1.807) is 48.5 Å². The number of methoxy groups -OCH3 is 2. The van der Waals surface area contributed by atoms with Gasteiger partial charge in [0, 0.05) is 12.4 Å². The Bertz CT molecular complexity index is 955. The van der Waals surface area contributed by atoms with Gasteiger partial charge in [-0.15, -0.1) is 0 Å². The molecule has 30 heavy (non-hydrogen) atoms. The molecule has 158 valence electrons. The van der Waals surface area contributed by atoms with Crippen molar-refractivity contribution in [3.8, 4) is 23.0 Å². The summed E-state index contributed by atoms with van der Waals surface area (Å²) >= 11 is 0. The molecule has 8 heteroatoms. The van der Waals surface area contributed by atoms with Crippen molar-refractivity contribution in [1.29, 1.82) is 0 Å². The summed E-state index contributed by atoms with van der Waals surface area (Å²) in [6.07, 6.45) is 2.95. The van der Waals surface area contributed by atoms with Crippen LogP contribution in [0.2, 0.25) is 0 Å². The molecule has 0 aromatic heterocycles. The molecule has 0 aliphatic carbocycles. The molecule has 3 rings (SSSR count). The number of aliphatic imine (C=N–C) groups is 2. The van der Waals surface area contributed by atoms with E-state index in [9.17, 15) is 10.2 Å². The van der Waals surface area contributed by atoms with Gasteiger partial charge in [0.1, 0.15) is 11.5 Å². The van der Waals surface area contributed by atoms with Crippen LogP contribution in [-0.2, 0) is 16.5 Å². The first-order valence-electron chi connectivity index (χ1n) is 8.49. The van der Waals surface area contributed by atoms with Gasteiger partial charge in [-0.05, 0) is 35.4 Å². The van der Waals surface area contributed by atoms with Gasteiger partial charge >= 0.3 is 16.5 Å². The molecule has 0 heterocycles. The van der Waals surface area contributed by atoms with Crippen molar-refractivity contribution in [1.82, 2.24) is 0 Å². The molecule has 0 fully saturated rings. The molecule has 2 N–H and O–H groups in total. The zero-order valence-corrected chi connectivity index (χ0v) is 17.3. The Morgan fingerprint density at radius 2 is 1.07 bits per heavy atom. The molecule has 0 spiro atoms. The molecule has 0 saturated heterocycles. The molecular formula is C22H20N2NiO5. The maximum Gasteiger partial charge on any atom is 2.00 e. The standard InChI is InChI=1S/C22H20N2O4.Ni.H2O/c1-27-19-11-5-7-15(21(19)25)13-23-17-9-3-4-10-18(17)24-14-16-8-6-12-20(28-2)22(16)26;;/h3-14,25-26H,1-2H3;;1H2/q;+2;/p-2. The average molecular weight is 451 g/mol. The van der Waals surface area contributed by atoms with Crippen molar-refractivity contribution in [2.45, 2.75) is 0 Å². The fraction of sp³-hybridized carbons (Fsp3) is 0.0909. The van der Waals surface area contributed by atoms with Crippen molar-refractivity contribution in [3.05, 3.63) is 71.8 Å². The number of hydrogen-bond donors (Lipinski definition) is 0. The summed E-state index contributed by atoms with van der Waals surface area (Å²) in [6, 6.07) is 17.2. The Kier molecular flexibility index (Phi) is 9.55. The smallest absolute Gasteiger partial charge is 0.870 e. The summed E-state index contributed by atoms with van der Waals surface area (Å²) in [5, 5.41) is 24.4. The normalized spacial score (nSPS) is 10.5. The predicted octanol–water partition coefficient (Wildman–Crippen LogP) is 2.53. The maximum absolute atomic E-state index is 12.2. The van der Waals surface area contributed by atoms with Gasteiger partial charge in [0.25, 0.3) is 0 Å². The second-order valence-electron chi connectivity index (χ2n) is 5.76. The Morgan fingerprint density at radius 3 is 1.43 bits per heavy atom. The quantitative estimate of drug-likeness (QED) is 0.423. The van der Waals surface area contributed by atoms with Crippen LogP contribution in [-0.4, -0.2) is 32.1 Å². The SMILES string of the molecule is COc1cccc(C=Nc2ccccc2N=Cc2cccc(OC)c2[O-])c1[O-].O.[Ni+2]. The topological polar surface area (TPSA) is 121 Å². The largest absolute Gasteiger partial charge is 2.00 e. The van der Waals surface area contributed by atoms with Gasteiger partial charge in [0.15, 0.2) is 0 Å². The number of nitrogens with zero attached hydrogens (tertiary/aromatic N) is 2. The minimum absolute atomic E-state index is 0. The van der Waals surface area contributed by atoms with E-state index in [2.05, 4.69) is 9.98 Å². The summed E-state index contributed by atoms with van der Waals surface area (Å²) < 4.78 is 10.1. The third kappa shape index (κ3) is 5.59. The van der Waals surface area contributed by atoms with Gasteiger partial charge in [-0.25, -0.2) is 0 Å². The number of ether oxygens (including phenoxy) is 2. The first kappa shape index (κ1) is 24.7. The molecule has 0 amide bonds. The number of rotatable bonds is 6. The van der Waals surface area contributed by atoms with Crippen molar-refractivity contribution in [2.24, 2.45) is 9.98 Å². The van der Waals surface area contributed by atoms with Crippen molar-refractivity contribution in [2.75, 3.05) is 14.2 Å². The summed E-state index contributed by atoms with van der Waals surface area (Å²) in [4.78, 5) is 8.77. The van der Waals surface area contributed by atoms with E-state index in [1.165, 1.54) is 26.6 Å². The summed E-state index contributed by atoms with van der Waals surface area (Å²) in [7, 11) is 2.90. The van der Waals surface area contributed by atoms with E-state index in [0.717, 1.165) is 0 Å². The molecule has 7 nitrogen and oxygen atoms in total. The van der Waals surface area contributed by atoms with Crippen LogP contribution in [0.1, 0.15) is 11.1 Å².